The number of primary amides is 1. The van der Waals surface area contributed by atoms with Crippen LogP contribution >= 0.6 is 0 Å². The Morgan fingerprint density at radius 1 is 0.929 bits per heavy atom. The van der Waals surface area contributed by atoms with Crippen LogP contribution in [0.3, 0.4) is 0 Å². The summed E-state index contributed by atoms with van der Waals surface area (Å²) in [5.74, 6) is -4.10. The van der Waals surface area contributed by atoms with Crippen LogP contribution in [0.1, 0.15) is 44.4 Å². The second kappa shape index (κ2) is 14.8. The van der Waals surface area contributed by atoms with Gasteiger partial charge in [0.25, 0.3) is 0 Å². The number of rotatable bonds is 16. The molecule has 0 radical (unpaired) electrons. The van der Waals surface area contributed by atoms with Crippen LogP contribution in [0.25, 0.3) is 10.9 Å². The molecule has 0 fully saturated rings. The molecule has 4 unspecified atom stereocenters. The highest BCUT2D eigenvalue weighted by Gasteiger charge is 2.31. The molecule has 0 spiro atoms. The van der Waals surface area contributed by atoms with Crippen molar-refractivity contribution >= 4 is 40.5 Å². The highest BCUT2D eigenvalue weighted by molar-refractivity contribution is 5.94. The van der Waals surface area contributed by atoms with E-state index in [0.717, 1.165) is 16.5 Å². The van der Waals surface area contributed by atoms with Gasteiger partial charge in [-0.3, -0.25) is 19.2 Å². The molecule has 0 saturated carbocycles. The zero-order chi connectivity index (χ0) is 30.8. The van der Waals surface area contributed by atoms with Crippen LogP contribution in [-0.4, -0.2) is 73.8 Å². The maximum Gasteiger partial charge on any atom is 0.326 e. The number of nitrogens with two attached hydrogens (primary N) is 2. The van der Waals surface area contributed by atoms with Crippen molar-refractivity contribution < 1.29 is 29.1 Å². The molecule has 42 heavy (non-hydrogen) atoms. The molecule has 4 atom stereocenters. The van der Waals surface area contributed by atoms with Gasteiger partial charge in [0.05, 0.1) is 12.4 Å². The smallest absolute Gasteiger partial charge is 0.326 e. The van der Waals surface area contributed by atoms with Crippen molar-refractivity contribution in [1.29, 1.82) is 0 Å². The van der Waals surface area contributed by atoms with Crippen molar-refractivity contribution in [3.63, 3.8) is 0 Å². The number of carbonyl (C=O) groups is 5. The van der Waals surface area contributed by atoms with E-state index in [1.165, 1.54) is 12.5 Å². The van der Waals surface area contributed by atoms with Gasteiger partial charge in [-0.1, -0.05) is 32.0 Å². The third kappa shape index (κ3) is 9.16. The minimum atomic E-state index is -1.29. The summed E-state index contributed by atoms with van der Waals surface area (Å²) >= 11 is 0. The molecule has 1 aromatic carbocycles. The van der Waals surface area contributed by atoms with Gasteiger partial charge >= 0.3 is 5.97 Å². The Morgan fingerprint density at radius 3 is 2.24 bits per heavy atom. The lowest BCUT2D eigenvalue weighted by atomic mass is 10.0. The molecular weight excluding hydrogens is 544 g/mol. The fourth-order valence-corrected chi connectivity index (χ4v) is 4.53. The number of carboxylic acids is 1. The van der Waals surface area contributed by atoms with Crippen LogP contribution in [0, 0.1) is 5.92 Å². The van der Waals surface area contributed by atoms with Gasteiger partial charge in [0.1, 0.15) is 18.1 Å². The number of hydrogen-bond acceptors (Lipinski definition) is 7. The Kier molecular flexibility index (Phi) is 11.2. The fourth-order valence-electron chi connectivity index (χ4n) is 4.53. The van der Waals surface area contributed by atoms with E-state index in [2.05, 4.69) is 30.9 Å². The van der Waals surface area contributed by atoms with E-state index in [0.29, 0.717) is 5.69 Å². The molecule has 0 aliphatic carbocycles. The number of carbonyl (C=O) groups excluding carboxylic acids is 4. The molecule has 3 rings (SSSR count). The number of imidazole rings is 1. The Hall–Kier alpha value is -4.72. The summed E-state index contributed by atoms with van der Waals surface area (Å²) in [6.45, 7) is 3.61. The monoisotopic (exact) mass is 582 g/mol. The summed E-state index contributed by atoms with van der Waals surface area (Å²) in [7, 11) is 0. The topological polar surface area (TPSA) is 238 Å². The largest absolute Gasteiger partial charge is 0.480 e. The van der Waals surface area contributed by atoms with Crippen molar-refractivity contribution in [3.8, 4) is 0 Å². The van der Waals surface area contributed by atoms with E-state index >= 15 is 0 Å². The maximum absolute atomic E-state index is 13.5. The Bertz CT molecular complexity index is 1390. The minimum absolute atomic E-state index is 0.00730. The number of aliphatic carboxylic acids is 1. The van der Waals surface area contributed by atoms with E-state index in [9.17, 15) is 29.1 Å². The molecule has 2 aromatic heterocycles. The molecule has 0 aliphatic rings. The van der Waals surface area contributed by atoms with Crippen LogP contribution < -0.4 is 27.4 Å². The van der Waals surface area contributed by atoms with E-state index < -0.39 is 53.8 Å². The van der Waals surface area contributed by atoms with Crippen LogP contribution in [0.4, 0.5) is 0 Å². The van der Waals surface area contributed by atoms with Gasteiger partial charge in [0.15, 0.2) is 0 Å². The van der Waals surface area contributed by atoms with Gasteiger partial charge in [-0.05, 0) is 36.8 Å². The van der Waals surface area contributed by atoms with Crippen LogP contribution in [-0.2, 0) is 36.8 Å². The quantitative estimate of drug-likeness (QED) is 0.113. The molecule has 10 N–H and O–H groups in total. The molecule has 3 aromatic rings. The molecular formula is C28H38N8O6. The lowest BCUT2D eigenvalue weighted by Gasteiger charge is -2.25. The number of carboxylic acid groups (broad SMARTS) is 1. The maximum atomic E-state index is 13.5. The SMILES string of the molecule is CC(C)CC(NC(=O)C(CCC(N)=O)NC(=O)C(Cc1cnc[nH]1)NC(=O)C(N)Cc1c[nH]c2ccccc12)C(=O)O. The zero-order valence-corrected chi connectivity index (χ0v) is 23.6. The van der Waals surface area contributed by atoms with E-state index in [4.69, 9.17) is 11.5 Å². The molecule has 0 bridgehead atoms. The average molecular weight is 583 g/mol. The average Bonchev–Trinajstić information content (AvgIpc) is 3.59. The number of nitrogens with zero attached hydrogens (tertiary/aromatic N) is 1. The standard InChI is InChI=1S/C28H38N8O6/c1-15(2)9-23(28(41)42)36-26(39)21(7-8-24(30)37)34-27(40)22(11-17-13-31-14-33-17)35-25(38)19(29)10-16-12-32-20-6-4-3-5-18(16)20/h3-6,12-15,19,21-23,32H,7-11,29H2,1-2H3,(H2,30,37)(H,31,33)(H,34,40)(H,35,38)(H,36,39)(H,41,42). The first-order valence-electron chi connectivity index (χ1n) is 13.6. The third-order valence-corrected chi connectivity index (χ3v) is 6.70. The lowest BCUT2D eigenvalue weighted by Crippen LogP contribution is -2.58. The Morgan fingerprint density at radius 2 is 1.60 bits per heavy atom. The van der Waals surface area contributed by atoms with Crippen LogP contribution in [0.2, 0.25) is 0 Å². The second-order valence-corrected chi connectivity index (χ2v) is 10.6. The number of fused-ring (bicyclic) bond motifs is 1. The van der Waals surface area contributed by atoms with Gasteiger partial charge < -0.3 is 42.5 Å². The van der Waals surface area contributed by atoms with Crippen molar-refractivity contribution in [2.24, 2.45) is 17.4 Å². The Labute approximate surface area is 242 Å². The zero-order valence-electron chi connectivity index (χ0n) is 23.6. The van der Waals surface area contributed by atoms with Gasteiger partial charge in [-0.15, -0.1) is 0 Å². The summed E-state index contributed by atoms with van der Waals surface area (Å²) in [5, 5.41) is 18.1. The minimum Gasteiger partial charge on any atom is -0.480 e. The molecule has 14 nitrogen and oxygen atoms in total. The summed E-state index contributed by atoms with van der Waals surface area (Å²) in [6, 6.07) is 2.91. The van der Waals surface area contributed by atoms with E-state index in [1.54, 1.807) is 20.0 Å². The first-order chi connectivity index (χ1) is 19.9. The predicted octanol–water partition coefficient (Wildman–Crippen LogP) is -0.146. The number of benzene rings is 1. The molecule has 4 amide bonds. The summed E-state index contributed by atoms with van der Waals surface area (Å²) in [6.07, 6.45) is 4.61. The number of hydrogen-bond donors (Lipinski definition) is 8. The molecule has 226 valence electrons. The number of H-pyrrole nitrogens is 2. The van der Waals surface area contributed by atoms with Gasteiger partial charge in [-0.25, -0.2) is 9.78 Å². The van der Waals surface area contributed by atoms with Gasteiger partial charge in [-0.2, -0.15) is 0 Å². The van der Waals surface area contributed by atoms with Crippen molar-refractivity contribution in [3.05, 3.63) is 54.2 Å². The highest BCUT2D eigenvalue weighted by atomic mass is 16.4. The van der Waals surface area contributed by atoms with Crippen molar-refractivity contribution in [2.45, 2.75) is 70.1 Å². The first-order valence-corrected chi connectivity index (χ1v) is 13.6. The van der Waals surface area contributed by atoms with Crippen LogP contribution in [0.5, 0.6) is 0 Å². The summed E-state index contributed by atoms with van der Waals surface area (Å²) in [5.41, 5.74) is 13.8. The number of para-hydroxylation sites is 1. The van der Waals surface area contributed by atoms with Gasteiger partial charge in [0.2, 0.25) is 23.6 Å². The Balaban J connectivity index is 1.75. The van der Waals surface area contributed by atoms with Gasteiger partial charge in [0, 0.05) is 41.8 Å². The van der Waals surface area contributed by atoms with E-state index in [1.807, 2.05) is 24.3 Å². The van der Waals surface area contributed by atoms with E-state index in [-0.39, 0.29) is 38.0 Å². The first kappa shape index (κ1) is 31.8. The molecule has 14 heteroatoms. The second-order valence-electron chi connectivity index (χ2n) is 10.6. The summed E-state index contributed by atoms with van der Waals surface area (Å²) in [4.78, 5) is 72.8. The number of aromatic amines is 2. The number of amides is 4. The highest BCUT2D eigenvalue weighted by Crippen LogP contribution is 2.19. The summed E-state index contributed by atoms with van der Waals surface area (Å²) < 4.78 is 0. The molecule has 0 saturated heterocycles. The third-order valence-electron chi connectivity index (χ3n) is 6.70. The predicted molar refractivity (Wildman–Crippen MR) is 154 cm³/mol. The van der Waals surface area contributed by atoms with Crippen molar-refractivity contribution in [2.75, 3.05) is 0 Å². The normalized spacial score (nSPS) is 14.1. The van der Waals surface area contributed by atoms with Crippen LogP contribution in [0.15, 0.2) is 43.0 Å². The molecule has 0 aliphatic heterocycles. The van der Waals surface area contributed by atoms with Crippen molar-refractivity contribution in [1.82, 2.24) is 30.9 Å². The molecule has 2 heterocycles. The fraction of sp³-hybridized carbons (Fsp3) is 0.429. The number of nitrogens with one attached hydrogen (secondary N) is 5. The lowest BCUT2D eigenvalue weighted by molar-refractivity contribution is -0.143. The number of aromatic nitrogens is 3.